The van der Waals surface area contributed by atoms with Crippen molar-refractivity contribution in [3.63, 3.8) is 0 Å². The van der Waals surface area contributed by atoms with Crippen LogP contribution in [0.1, 0.15) is 30.0 Å². The molecule has 1 aliphatic heterocycles. The van der Waals surface area contributed by atoms with Gasteiger partial charge < -0.3 is 14.6 Å². The molecule has 1 aliphatic rings. The Hall–Kier alpha value is -4.04. The molecule has 4 aromatic rings. The molecule has 6 nitrogen and oxygen atoms in total. The zero-order valence-corrected chi connectivity index (χ0v) is 20.3. The highest BCUT2D eigenvalue weighted by Crippen LogP contribution is 2.39. The molecule has 1 aromatic heterocycles. The summed E-state index contributed by atoms with van der Waals surface area (Å²) in [7, 11) is 1.61. The maximum absolute atomic E-state index is 13.6. The quantitative estimate of drug-likeness (QED) is 0.344. The average Bonchev–Trinajstić information content (AvgIpc) is 3.35. The number of rotatable bonds is 5. The predicted octanol–water partition coefficient (Wildman–Crippen LogP) is 6.06. The lowest BCUT2D eigenvalue weighted by Gasteiger charge is -2.37. The molecule has 0 radical (unpaired) electrons. The smallest absolute Gasteiger partial charge is 0.258 e. The van der Waals surface area contributed by atoms with Crippen LogP contribution in [0.4, 0.5) is 10.1 Å². The summed E-state index contributed by atoms with van der Waals surface area (Å²) in [5.74, 6) is 1.20. The fraction of sp³-hybridized carbons (Fsp3) is 0.148. The van der Waals surface area contributed by atoms with E-state index in [-0.39, 0.29) is 11.9 Å². The monoisotopic (exact) mass is 486 g/mol. The van der Waals surface area contributed by atoms with E-state index in [0.29, 0.717) is 22.6 Å². The molecule has 0 saturated heterocycles. The minimum Gasteiger partial charge on any atom is -0.497 e. The van der Waals surface area contributed by atoms with Crippen LogP contribution in [-0.4, -0.2) is 22.4 Å². The molecule has 1 atom stereocenters. The molecule has 0 amide bonds. The summed E-state index contributed by atoms with van der Waals surface area (Å²) in [5.41, 5.74) is 5.26. The lowest BCUT2D eigenvalue weighted by molar-refractivity contribution is 0.403. The number of thiocarbonyl (C=S) groups is 1. The molecule has 5 rings (SSSR count). The Balaban J connectivity index is 1.64. The van der Waals surface area contributed by atoms with Gasteiger partial charge in [-0.1, -0.05) is 47.1 Å². The third-order valence-corrected chi connectivity index (χ3v) is 6.27. The Morgan fingerprint density at radius 3 is 2.49 bits per heavy atom. The van der Waals surface area contributed by atoms with Crippen molar-refractivity contribution in [3.05, 3.63) is 101 Å². The highest BCUT2D eigenvalue weighted by molar-refractivity contribution is 7.80. The SMILES string of the molecule is COc1cccc(-c2noc(C3=C(C)N(c4ccc(F)cc4)C(=S)NC3c3ccc(C)cc3)n2)c1. The van der Waals surface area contributed by atoms with Gasteiger partial charge in [0.25, 0.3) is 5.89 Å². The van der Waals surface area contributed by atoms with Crippen LogP contribution >= 0.6 is 12.2 Å². The highest BCUT2D eigenvalue weighted by atomic mass is 32.1. The van der Waals surface area contributed by atoms with Crippen molar-refractivity contribution in [1.29, 1.82) is 0 Å². The van der Waals surface area contributed by atoms with Crippen LogP contribution in [0.15, 0.2) is 83.0 Å². The second kappa shape index (κ2) is 9.31. The molecule has 8 heteroatoms. The lowest BCUT2D eigenvalue weighted by atomic mass is 9.94. The van der Waals surface area contributed by atoms with Gasteiger partial charge in [-0.15, -0.1) is 0 Å². The van der Waals surface area contributed by atoms with Crippen molar-refractivity contribution in [2.75, 3.05) is 12.0 Å². The van der Waals surface area contributed by atoms with E-state index in [2.05, 4.69) is 34.7 Å². The van der Waals surface area contributed by atoms with E-state index in [1.54, 1.807) is 19.2 Å². The Morgan fingerprint density at radius 2 is 1.77 bits per heavy atom. The number of nitrogens with one attached hydrogen (secondary N) is 1. The summed E-state index contributed by atoms with van der Waals surface area (Å²) < 4.78 is 24.7. The number of nitrogens with zero attached hydrogens (tertiary/aromatic N) is 3. The van der Waals surface area contributed by atoms with E-state index in [0.717, 1.165) is 33.6 Å². The molecule has 35 heavy (non-hydrogen) atoms. The first-order valence-electron chi connectivity index (χ1n) is 11.1. The molecular formula is C27H23FN4O2S. The summed E-state index contributed by atoms with van der Waals surface area (Å²) in [6, 6.07) is 21.6. The highest BCUT2D eigenvalue weighted by Gasteiger charge is 2.34. The Kier molecular flexibility index (Phi) is 6.05. The number of aryl methyl sites for hydroxylation is 1. The Labute approximate surface area is 208 Å². The van der Waals surface area contributed by atoms with E-state index in [1.807, 2.05) is 43.0 Å². The van der Waals surface area contributed by atoms with Crippen molar-refractivity contribution < 1.29 is 13.7 Å². The topological polar surface area (TPSA) is 63.4 Å². The number of benzene rings is 3. The average molecular weight is 487 g/mol. The number of allylic oxidation sites excluding steroid dienone is 1. The molecule has 1 N–H and O–H groups in total. The number of methoxy groups -OCH3 is 1. The number of aromatic nitrogens is 2. The van der Waals surface area contributed by atoms with Gasteiger partial charge >= 0.3 is 0 Å². The lowest BCUT2D eigenvalue weighted by Crippen LogP contribution is -2.46. The van der Waals surface area contributed by atoms with Crippen LogP contribution in [0.3, 0.4) is 0 Å². The summed E-state index contributed by atoms with van der Waals surface area (Å²) in [6.07, 6.45) is 0. The van der Waals surface area contributed by atoms with E-state index < -0.39 is 0 Å². The number of ether oxygens (including phenoxy) is 1. The van der Waals surface area contributed by atoms with Crippen molar-refractivity contribution in [2.24, 2.45) is 0 Å². The van der Waals surface area contributed by atoms with E-state index in [9.17, 15) is 4.39 Å². The number of hydrogen-bond acceptors (Lipinski definition) is 5. The van der Waals surface area contributed by atoms with Gasteiger partial charge in [-0.05, 0) is 68.0 Å². The van der Waals surface area contributed by atoms with Crippen LogP contribution in [0.25, 0.3) is 17.0 Å². The van der Waals surface area contributed by atoms with Gasteiger partial charge in [0.15, 0.2) is 5.11 Å². The fourth-order valence-corrected chi connectivity index (χ4v) is 4.50. The van der Waals surface area contributed by atoms with Gasteiger partial charge in [-0.2, -0.15) is 4.98 Å². The Morgan fingerprint density at radius 1 is 1.03 bits per heavy atom. The maximum atomic E-state index is 13.6. The van der Waals surface area contributed by atoms with Crippen molar-refractivity contribution in [3.8, 4) is 17.1 Å². The van der Waals surface area contributed by atoms with Gasteiger partial charge in [0, 0.05) is 16.9 Å². The maximum Gasteiger partial charge on any atom is 0.258 e. The van der Waals surface area contributed by atoms with Gasteiger partial charge in [-0.25, -0.2) is 4.39 Å². The van der Waals surface area contributed by atoms with Crippen molar-refractivity contribution in [1.82, 2.24) is 15.5 Å². The second-order valence-electron chi connectivity index (χ2n) is 8.26. The molecule has 0 spiro atoms. The summed E-state index contributed by atoms with van der Waals surface area (Å²) in [5, 5.41) is 8.15. The van der Waals surface area contributed by atoms with Gasteiger partial charge in [0.1, 0.15) is 11.6 Å². The summed E-state index contributed by atoms with van der Waals surface area (Å²) >= 11 is 5.74. The van der Waals surface area contributed by atoms with E-state index in [1.165, 1.54) is 12.1 Å². The first kappa shape index (κ1) is 22.7. The minimum atomic E-state index is -0.316. The third-order valence-electron chi connectivity index (χ3n) is 5.96. The second-order valence-corrected chi connectivity index (χ2v) is 8.65. The van der Waals surface area contributed by atoms with Crippen LogP contribution in [0, 0.1) is 12.7 Å². The van der Waals surface area contributed by atoms with Crippen LogP contribution in [-0.2, 0) is 0 Å². The van der Waals surface area contributed by atoms with E-state index in [4.69, 9.17) is 26.5 Å². The number of anilines is 1. The largest absolute Gasteiger partial charge is 0.497 e. The third kappa shape index (κ3) is 4.40. The van der Waals surface area contributed by atoms with Gasteiger partial charge in [0.2, 0.25) is 5.82 Å². The van der Waals surface area contributed by atoms with Crippen LogP contribution in [0.2, 0.25) is 0 Å². The minimum absolute atomic E-state index is 0.307. The number of hydrogen-bond donors (Lipinski definition) is 1. The molecule has 1 unspecified atom stereocenters. The van der Waals surface area contributed by atoms with Gasteiger partial charge in [0.05, 0.1) is 18.7 Å². The van der Waals surface area contributed by atoms with Gasteiger partial charge in [-0.3, -0.25) is 4.90 Å². The van der Waals surface area contributed by atoms with Crippen molar-refractivity contribution in [2.45, 2.75) is 19.9 Å². The van der Waals surface area contributed by atoms with Crippen LogP contribution < -0.4 is 15.0 Å². The zero-order chi connectivity index (χ0) is 24.5. The molecule has 0 saturated carbocycles. The molecule has 0 fully saturated rings. The molecule has 0 aliphatic carbocycles. The number of halogens is 1. The first-order valence-corrected chi connectivity index (χ1v) is 11.5. The predicted molar refractivity (Wildman–Crippen MR) is 137 cm³/mol. The van der Waals surface area contributed by atoms with E-state index >= 15 is 0 Å². The Bertz CT molecular complexity index is 1410. The molecule has 176 valence electrons. The van der Waals surface area contributed by atoms with Crippen molar-refractivity contribution >= 4 is 28.6 Å². The molecule has 3 aromatic carbocycles. The summed E-state index contributed by atoms with van der Waals surface area (Å²) in [4.78, 5) is 6.58. The summed E-state index contributed by atoms with van der Waals surface area (Å²) in [6.45, 7) is 3.99. The standard InChI is InChI=1S/C27H23FN4O2S/c1-16-7-9-18(10-8-16)24-23(17(2)32(27(35)29-24)21-13-11-20(28)12-14-21)26-30-25(31-34-26)19-5-4-6-22(15-19)33-3/h4-15,24H,1-3H3,(H,29,35). The fourth-order valence-electron chi connectivity index (χ4n) is 4.14. The molecule has 0 bridgehead atoms. The first-order chi connectivity index (χ1) is 16.9. The normalized spacial score (nSPS) is 15.8. The zero-order valence-electron chi connectivity index (χ0n) is 19.4. The van der Waals surface area contributed by atoms with Crippen LogP contribution in [0.5, 0.6) is 5.75 Å². The molecule has 2 heterocycles. The molecular weight excluding hydrogens is 463 g/mol.